The molecule has 0 saturated heterocycles. The lowest BCUT2D eigenvalue weighted by Crippen LogP contribution is -2.24. The molecule has 0 radical (unpaired) electrons. The van der Waals surface area contributed by atoms with Gasteiger partial charge in [-0.25, -0.2) is 4.79 Å². The second-order valence-corrected chi connectivity index (χ2v) is 5.26. The fraction of sp³-hybridized carbons (Fsp3) is 0.250. The number of rotatable bonds is 2. The van der Waals surface area contributed by atoms with Gasteiger partial charge in [-0.1, -0.05) is 24.3 Å². The van der Waals surface area contributed by atoms with Crippen LogP contribution in [0, 0.1) is 0 Å². The van der Waals surface area contributed by atoms with Crippen LogP contribution in [0.3, 0.4) is 0 Å². The van der Waals surface area contributed by atoms with E-state index >= 15 is 0 Å². The first-order valence-electron chi connectivity index (χ1n) is 6.21. The number of nitrogens with zero attached hydrogens (tertiary/aromatic N) is 1. The first-order valence-corrected chi connectivity index (χ1v) is 6.21. The predicted molar refractivity (Wildman–Crippen MR) is 74.8 cm³/mol. The first kappa shape index (κ1) is 13.3. The highest BCUT2D eigenvalue weighted by molar-refractivity contribution is 5.96. The van der Waals surface area contributed by atoms with Crippen molar-refractivity contribution in [3.8, 4) is 11.3 Å². The van der Waals surface area contributed by atoms with Crippen LogP contribution in [-0.4, -0.2) is 16.6 Å². The minimum Gasteiger partial charge on any atom is -0.456 e. The Morgan fingerprint density at radius 3 is 2.37 bits per heavy atom. The molecule has 0 amide bonds. The third-order valence-electron chi connectivity index (χ3n) is 2.49. The second-order valence-electron chi connectivity index (χ2n) is 5.26. The molecule has 0 atom stereocenters. The minimum absolute atomic E-state index is 0.325. The third-order valence-corrected chi connectivity index (χ3v) is 2.49. The number of carbonyl (C=O) groups excluding carboxylic acids is 1. The van der Waals surface area contributed by atoms with E-state index in [-0.39, 0.29) is 5.97 Å². The van der Waals surface area contributed by atoms with Crippen molar-refractivity contribution in [1.82, 2.24) is 4.98 Å². The fourth-order valence-corrected chi connectivity index (χ4v) is 1.74. The number of pyridine rings is 1. The van der Waals surface area contributed by atoms with Crippen LogP contribution >= 0.6 is 0 Å². The quantitative estimate of drug-likeness (QED) is 0.768. The third kappa shape index (κ3) is 3.41. The summed E-state index contributed by atoms with van der Waals surface area (Å²) in [5.74, 6) is -0.325. The minimum atomic E-state index is -0.506. The Labute approximate surface area is 113 Å². The molecule has 1 aromatic carbocycles. The second kappa shape index (κ2) is 5.22. The lowest BCUT2D eigenvalue weighted by atomic mass is 10.0. The van der Waals surface area contributed by atoms with Crippen molar-refractivity contribution >= 4 is 5.97 Å². The summed E-state index contributed by atoms with van der Waals surface area (Å²) in [4.78, 5) is 16.5. The van der Waals surface area contributed by atoms with Gasteiger partial charge >= 0.3 is 5.97 Å². The molecule has 0 aliphatic carbocycles. The van der Waals surface area contributed by atoms with Gasteiger partial charge in [0.15, 0.2) is 0 Å². The summed E-state index contributed by atoms with van der Waals surface area (Å²) in [6, 6.07) is 13.0. The van der Waals surface area contributed by atoms with Gasteiger partial charge in [0.25, 0.3) is 0 Å². The maximum atomic E-state index is 12.2. The molecule has 0 fully saturated rings. The average Bonchev–Trinajstić information content (AvgIpc) is 2.38. The standard InChI is InChI=1S/C16H17NO2/c1-16(2,3)19-15(18)13-9-5-4-8-12(13)14-10-6-7-11-17-14/h4-11H,1-3H3. The summed E-state index contributed by atoms with van der Waals surface area (Å²) in [5, 5.41) is 0. The zero-order chi connectivity index (χ0) is 13.9. The molecule has 0 spiro atoms. The van der Waals surface area contributed by atoms with Gasteiger partial charge in [-0.3, -0.25) is 4.98 Å². The van der Waals surface area contributed by atoms with Crippen molar-refractivity contribution in [3.05, 3.63) is 54.2 Å². The van der Waals surface area contributed by atoms with Crippen LogP contribution in [-0.2, 0) is 4.74 Å². The number of ether oxygens (including phenoxy) is 1. The molecule has 0 bridgehead atoms. The molecule has 2 rings (SSSR count). The first-order chi connectivity index (χ1) is 8.97. The maximum absolute atomic E-state index is 12.2. The van der Waals surface area contributed by atoms with Gasteiger partial charge in [0.2, 0.25) is 0 Å². The van der Waals surface area contributed by atoms with E-state index < -0.39 is 5.60 Å². The van der Waals surface area contributed by atoms with Gasteiger partial charge in [0, 0.05) is 11.8 Å². The smallest absolute Gasteiger partial charge is 0.339 e. The fourth-order valence-electron chi connectivity index (χ4n) is 1.74. The molecule has 98 valence electrons. The molecule has 19 heavy (non-hydrogen) atoms. The monoisotopic (exact) mass is 255 g/mol. The Bertz CT molecular complexity index is 571. The van der Waals surface area contributed by atoms with E-state index in [2.05, 4.69) is 4.98 Å². The Morgan fingerprint density at radius 1 is 1.05 bits per heavy atom. The predicted octanol–water partition coefficient (Wildman–Crippen LogP) is 3.70. The molecule has 0 N–H and O–H groups in total. The van der Waals surface area contributed by atoms with Crippen LogP contribution in [0.4, 0.5) is 0 Å². The summed E-state index contributed by atoms with van der Waals surface area (Å²) in [6.45, 7) is 5.57. The summed E-state index contributed by atoms with van der Waals surface area (Å²) < 4.78 is 5.42. The van der Waals surface area contributed by atoms with Crippen LogP contribution in [0.5, 0.6) is 0 Å². The Balaban J connectivity index is 2.40. The SMILES string of the molecule is CC(C)(C)OC(=O)c1ccccc1-c1ccccn1. The van der Waals surface area contributed by atoms with E-state index in [1.54, 1.807) is 12.3 Å². The van der Waals surface area contributed by atoms with E-state index in [9.17, 15) is 4.79 Å². The van der Waals surface area contributed by atoms with E-state index in [0.717, 1.165) is 11.3 Å². The van der Waals surface area contributed by atoms with Crippen molar-refractivity contribution in [3.63, 3.8) is 0 Å². The summed E-state index contributed by atoms with van der Waals surface area (Å²) in [6.07, 6.45) is 1.71. The average molecular weight is 255 g/mol. The van der Waals surface area contributed by atoms with E-state index in [1.165, 1.54) is 0 Å². The molecule has 2 aromatic rings. The zero-order valence-electron chi connectivity index (χ0n) is 11.4. The van der Waals surface area contributed by atoms with Crippen molar-refractivity contribution in [1.29, 1.82) is 0 Å². The maximum Gasteiger partial charge on any atom is 0.339 e. The van der Waals surface area contributed by atoms with Crippen molar-refractivity contribution in [2.75, 3.05) is 0 Å². The highest BCUT2D eigenvalue weighted by Gasteiger charge is 2.20. The largest absolute Gasteiger partial charge is 0.456 e. The van der Waals surface area contributed by atoms with Crippen LogP contribution in [0.25, 0.3) is 11.3 Å². The lowest BCUT2D eigenvalue weighted by Gasteiger charge is -2.20. The van der Waals surface area contributed by atoms with E-state index in [0.29, 0.717) is 5.56 Å². The number of hydrogen-bond donors (Lipinski definition) is 0. The molecular formula is C16H17NO2. The highest BCUT2D eigenvalue weighted by atomic mass is 16.6. The van der Waals surface area contributed by atoms with Crippen LogP contribution in [0.1, 0.15) is 31.1 Å². The highest BCUT2D eigenvalue weighted by Crippen LogP contribution is 2.23. The summed E-state index contributed by atoms with van der Waals surface area (Å²) in [5.41, 5.74) is 1.59. The molecule has 0 aliphatic heterocycles. The van der Waals surface area contributed by atoms with Gasteiger partial charge in [-0.05, 0) is 39.0 Å². The van der Waals surface area contributed by atoms with Crippen molar-refractivity contribution in [2.24, 2.45) is 0 Å². The lowest BCUT2D eigenvalue weighted by molar-refractivity contribution is 0.00704. The Kier molecular flexibility index (Phi) is 3.65. The molecule has 1 heterocycles. The molecular weight excluding hydrogens is 238 g/mol. The number of hydrogen-bond acceptors (Lipinski definition) is 3. The molecule has 1 aromatic heterocycles. The number of aromatic nitrogens is 1. The van der Waals surface area contributed by atoms with Crippen molar-refractivity contribution < 1.29 is 9.53 Å². The summed E-state index contributed by atoms with van der Waals surface area (Å²) in [7, 11) is 0. The molecule has 0 saturated carbocycles. The topological polar surface area (TPSA) is 39.2 Å². The zero-order valence-corrected chi connectivity index (χ0v) is 11.4. The molecule has 0 unspecified atom stereocenters. The van der Waals surface area contributed by atoms with Crippen LogP contribution < -0.4 is 0 Å². The molecule has 3 nitrogen and oxygen atoms in total. The van der Waals surface area contributed by atoms with Crippen LogP contribution in [0.2, 0.25) is 0 Å². The summed E-state index contributed by atoms with van der Waals surface area (Å²) >= 11 is 0. The van der Waals surface area contributed by atoms with E-state index in [4.69, 9.17) is 4.74 Å². The Hall–Kier alpha value is -2.16. The molecule has 0 aliphatic rings. The van der Waals surface area contributed by atoms with Gasteiger partial charge in [-0.15, -0.1) is 0 Å². The Morgan fingerprint density at radius 2 is 1.74 bits per heavy atom. The van der Waals surface area contributed by atoms with Crippen LogP contribution in [0.15, 0.2) is 48.7 Å². The normalized spacial score (nSPS) is 11.1. The molecule has 3 heteroatoms. The van der Waals surface area contributed by atoms with Crippen molar-refractivity contribution in [2.45, 2.75) is 26.4 Å². The van der Waals surface area contributed by atoms with E-state index in [1.807, 2.05) is 57.2 Å². The van der Waals surface area contributed by atoms with Gasteiger partial charge in [0.05, 0.1) is 11.3 Å². The number of benzene rings is 1. The van der Waals surface area contributed by atoms with Gasteiger partial charge in [-0.2, -0.15) is 0 Å². The number of carbonyl (C=O) groups is 1. The van der Waals surface area contributed by atoms with Gasteiger partial charge in [0.1, 0.15) is 5.60 Å². The van der Waals surface area contributed by atoms with Gasteiger partial charge < -0.3 is 4.74 Å². The number of esters is 1.